The summed E-state index contributed by atoms with van der Waals surface area (Å²) in [5, 5.41) is 3.94. The van der Waals surface area contributed by atoms with Crippen LogP contribution >= 0.6 is 0 Å². The molecule has 20 heavy (non-hydrogen) atoms. The highest BCUT2D eigenvalue weighted by atomic mass is 14.9. The molecule has 0 aliphatic heterocycles. The van der Waals surface area contributed by atoms with Crippen LogP contribution in [0.1, 0.15) is 83.5 Å². The Bertz CT molecular complexity index is 291. The Morgan fingerprint density at radius 3 is 1.85 bits per heavy atom. The van der Waals surface area contributed by atoms with E-state index in [1.165, 1.54) is 51.5 Å². The highest BCUT2D eigenvalue weighted by Gasteiger charge is 2.50. The van der Waals surface area contributed by atoms with E-state index in [1.807, 2.05) is 0 Å². The zero-order chi connectivity index (χ0) is 13.4. The highest BCUT2D eigenvalue weighted by Crippen LogP contribution is 2.61. The molecule has 1 nitrogen and oxygen atoms in total. The zero-order valence-electron chi connectivity index (χ0n) is 13.2. The van der Waals surface area contributed by atoms with Crippen LogP contribution in [0.25, 0.3) is 0 Å². The third-order valence-electron chi connectivity index (χ3n) is 7.11. The molecule has 0 atom stereocenters. The summed E-state index contributed by atoms with van der Waals surface area (Å²) in [5.41, 5.74) is 0.784. The van der Waals surface area contributed by atoms with E-state index in [4.69, 9.17) is 0 Å². The standard InChI is InChI=1S/C19H33N/c1-2-4-6-18(5-3-1)20-8-7-19-12-15-9-16(13-19)11-17(10-15)14-19/h15-18,20H,1-14H2. The third-order valence-corrected chi connectivity index (χ3v) is 7.11. The van der Waals surface area contributed by atoms with E-state index in [1.54, 1.807) is 38.5 Å². The lowest BCUT2D eigenvalue weighted by atomic mass is 9.49. The largest absolute Gasteiger partial charge is 0.314 e. The normalized spacial score (nSPS) is 44.7. The van der Waals surface area contributed by atoms with E-state index < -0.39 is 0 Å². The number of hydrogen-bond acceptors (Lipinski definition) is 1. The molecule has 1 N–H and O–H groups in total. The van der Waals surface area contributed by atoms with Crippen molar-refractivity contribution in [3.63, 3.8) is 0 Å². The maximum Gasteiger partial charge on any atom is 0.00670 e. The summed E-state index contributed by atoms with van der Waals surface area (Å²) < 4.78 is 0. The zero-order valence-corrected chi connectivity index (χ0v) is 13.2. The molecule has 0 aromatic heterocycles. The van der Waals surface area contributed by atoms with Crippen LogP contribution in [-0.2, 0) is 0 Å². The molecule has 0 aromatic rings. The van der Waals surface area contributed by atoms with Gasteiger partial charge < -0.3 is 5.32 Å². The quantitative estimate of drug-likeness (QED) is 0.719. The van der Waals surface area contributed by atoms with Gasteiger partial charge in [0.1, 0.15) is 0 Å². The summed E-state index contributed by atoms with van der Waals surface area (Å²) >= 11 is 0. The Balaban J connectivity index is 1.28. The summed E-state index contributed by atoms with van der Waals surface area (Å²) in [7, 11) is 0. The average Bonchev–Trinajstić information content (AvgIpc) is 2.65. The second-order valence-corrected chi connectivity index (χ2v) is 8.81. The van der Waals surface area contributed by atoms with Crippen LogP contribution in [0.4, 0.5) is 0 Å². The van der Waals surface area contributed by atoms with Gasteiger partial charge in [0.2, 0.25) is 0 Å². The minimum Gasteiger partial charge on any atom is -0.314 e. The number of nitrogens with one attached hydrogen (secondary N) is 1. The maximum atomic E-state index is 3.94. The first-order chi connectivity index (χ1) is 9.81. The molecule has 0 unspecified atom stereocenters. The molecule has 114 valence electrons. The van der Waals surface area contributed by atoms with Crippen molar-refractivity contribution in [2.45, 2.75) is 89.5 Å². The molecule has 1 heteroatoms. The Labute approximate surface area is 125 Å². The fraction of sp³-hybridized carbons (Fsp3) is 1.00. The van der Waals surface area contributed by atoms with Gasteiger partial charge in [0.15, 0.2) is 0 Å². The third kappa shape index (κ3) is 2.80. The van der Waals surface area contributed by atoms with Crippen molar-refractivity contribution >= 4 is 0 Å². The minimum atomic E-state index is 0.784. The van der Waals surface area contributed by atoms with Gasteiger partial charge in [-0.3, -0.25) is 0 Å². The minimum absolute atomic E-state index is 0.784. The molecule has 4 bridgehead atoms. The van der Waals surface area contributed by atoms with Crippen molar-refractivity contribution in [1.82, 2.24) is 5.32 Å². The van der Waals surface area contributed by atoms with E-state index in [0.717, 1.165) is 29.2 Å². The van der Waals surface area contributed by atoms with E-state index >= 15 is 0 Å². The fourth-order valence-electron chi connectivity index (χ4n) is 6.62. The second kappa shape index (κ2) is 5.63. The molecule has 0 radical (unpaired) electrons. The van der Waals surface area contributed by atoms with Gasteiger partial charge in [-0.2, -0.15) is 0 Å². The van der Waals surface area contributed by atoms with Crippen molar-refractivity contribution in [3.8, 4) is 0 Å². The lowest BCUT2D eigenvalue weighted by Crippen LogP contribution is -2.47. The summed E-state index contributed by atoms with van der Waals surface area (Å²) in [6.07, 6.45) is 19.8. The molecule has 0 spiro atoms. The molecule has 5 aliphatic carbocycles. The first-order valence-electron chi connectivity index (χ1n) is 9.55. The molecule has 5 rings (SSSR count). The van der Waals surface area contributed by atoms with Crippen molar-refractivity contribution in [1.29, 1.82) is 0 Å². The summed E-state index contributed by atoms with van der Waals surface area (Å²) in [6.45, 7) is 1.32. The lowest BCUT2D eigenvalue weighted by Gasteiger charge is -2.57. The summed E-state index contributed by atoms with van der Waals surface area (Å²) in [6, 6.07) is 0.853. The van der Waals surface area contributed by atoms with Crippen LogP contribution in [0, 0.1) is 23.2 Å². The van der Waals surface area contributed by atoms with Crippen LogP contribution in [0.3, 0.4) is 0 Å². The van der Waals surface area contributed by atoms with Gasteiger partial charge in [0.25, 0.3) is 0 Å². The predicted molar refractivity (Wildman–Crippen MR) is 84.7 cm³/mol. The van der Waals surface area contributed by atoms with Crippen LogP contribution in [0.15, 0.2) is 0 Å². The van der Waals surface area contributed by atoms with Gasteiger partial charge in [-0.25, -0.2) is 0 Å². The molecule has 5 saturated carbocycles. The lowest BCUT2D eigenvalue weighted by molar-refractivity contribution is -0.0570. The monoisotopic (exact) mass is 275 g/mol. The first kappa shape index (κ1) is 13.6. The Kier molecular flexibility index (Phi) is 3.83. The molecular weight excluding hydrogens is 242 g/mol. The van der Waals surface area contributed by atoms with E-state index in [2.05, 4.69) is 5.32 Å². The molecule has 5 fully saturated rings. The first-order valence-corrected chi connectivity index (χ1v) is 9.55. The van der Waals surface area contributed by atoms with E-state index in [0.29, 0.717) is 0 Å². The van der Waals surface area contributed by atoms with Gasteiger partial charge in [-0.15, -0.1) is 0 Å². The molecular formula is C19H33N. The Hall–Kier alpha value is -0.0400. The topological polar surface area (TPSA) is 12.0 Å². The van der Waals surface area contributed by atoms with Crippen molar-refractivity contribution < 1.29 is 0 Å². The van der Waals surface area contributed by atoms with Crippen LogP contribution < -0.4 is 5.32 Å². The maximum absolute atomic E-state index is 3.94. The molecule has 0 amide bonds. The SMILES string of the molecule is C1CCCC(NCCC23CC4CC(CC(C4)C2)C3)CC1. The van der Waals surface area contributed by atoms with Crippen LogP contribution in [0.5, 0.6) is 0 Å². The second-order valence-electron chi connectivity index (χ2n) is 8.81. The Morgan fingerprint density at radius 1 is 0.750 bits per heavy atom. The van der Waals surface area contributed by atoms with E-state index in [9.17, 15) is 0 Å². The number of hydrogen-bond donors (Lipinski definition) is 1. The van der Waals surface area contributed by atoms with Crippen molar-refractivity contribution in [3.05, 3.63) is 0 Å². The fourth-order valence-corrected chi connectivity index (χ4v) is 6.62. The van der Waals surface area contributed by atoms with Gasteiger partial charge in [0, 0.05) is 6.04 Å². The molecule has 0 aromatic carbocycles. The summed E-state index contributed by atoms with van der Waals surface area (Å²) in [4.78, 5) is 0. The highest BCUT2D eigenvalue weighted by molar-refractivity contribution is 5.01. The van der Waals surface area contributed by atoms with Gasteiger partial charge in [-0.05, 0) is 87.5 Å². The predicted octanol–water partition coefficient (Wildman–Crippen LogP) is 4.91. The summed E-state index contributed by atoms with van der Waals surface area (Å²) in [5.74, 6) is 3.37. The van der Waals surface area contributed by atoms with Crippen LogP contribution in [-0.4, -0.2) is 12.6 Å². The number of rotatable bonds is 4. The smallest absolute Gasteiger partial charge is 0.00670 e. The van der Waals surface area contributed by atoms with Crippen molar-refractivity contribution in [2.75, 3.05) is 6.54 Å². The Morgan fingerprint density at radius 2 is 1.30 bits per heavy atom. The van der Waals surface area contributed by atoms with E-state index in [-0.39, 0.29) is 0 Å². The van der Waals surface area contributed by atoms with Gasteiger partial charge >= 0.3 is 0 Å². The van der Waals surface area contributed by atoms with Gasteiger partial charge in [-0.1, -0.05) is 25.7 Å². The van der Waals surface area contributed by atoms with Crippen molar-refractivity contribution in [2.24, 2.45) is 23.2 Å². The molecule has 0 heterocycles. The van der Waals surface area contributed by atoms with Gasteiger partial charge in [0.05, 0.1) is 0 Å². The molecule has 5 aliphatic rings. The average molecular weight is 275 g/mol. The molecule has 0 saturated heterocycles. The van der Waals surface area contributed by atoms with Crippen LogP contribution in [0.2, 0.25) is 0 Å².